The predicted molar refractivity (Wildman–Crippen MR) is 195 cm³/mol. The molecule has 0 rings (SSSR count). The largest absolute Gasteiger partial charge is 0.465 e. The van der Waals surface area contributed by atoms with Gasteiger partial charge in [-0.05, 0) is 90.4 Å². The van der Waals surface area contributed by atoms with Crippen molar-refractivity contribution in [3.63, 3.8) is 0 Å². The van der Waals surface area contributed by atoms with E-state index in [2.05, 4.69) is 31.0 Å². The Hall–Kier alpha value is -0.730. The SMILES string of the molecule is CCCCCCCCOC(O)CCCCCN(CCCCO)CCCCCCOC(=O)C(CCCCCCCC)NCCCCC. The van der Waals surface area contributed by atoms with E-state index in [1.54, 1.807) is 0 Å². The van der Waals surface area contributed by atoms with Crippen LogP contribution in [0.1, 0.15) is 188 Å². The third kappa shape index (κ3) is 31.8. The van der Waals surface area contributed by atoms with Gasteiger partial charge < -0.3 is 29.9 Å². The molecule has 0 aliphatic rings. The highest BCUT2D eigenvalue weighted by atomic mass is 16.6. The van der Waals surface area contributed by atoms with Crippen molar-refractivity contribution in [2.75, 3.05) is 46.0 Å². The van der Waals surface area contributed by atoms with Crippen molar-refractivity contribution in [1.29, 1.82) is 0 Å². The van der Waals surface area contributed by atoms with Gasteiger partial charge in [0.15, 0.2) is 6.29 Å². The molecule has 0 aromatic rings. The number of rotatable bonds is 38. The van der Waals surface area contributed by atoms with Gasteiger partial charge in [0.2, 0.25) is 0 Å². The fourth-order valence-electron chi connectivity index (χ4n) is 5.95. The molecule has 0 amide bonds. The van der Waals surface area contributed by atoms with E-state index in [1.807, 2.05) is 0 Å². The maximum Gasteiger partial charge on any atom is 0.323 e. The van der Waals surface area contributed by atoms with Crippen LogP contribution < -0.4 is 5.32 Å². The van der Waals surface area contributed by atoms with Crippen LogP contribution in [0.2, 0.25) is 0 Å². The number of unbranched alkanes of at least 4 members (excludes halogenated alkanes) is 18. The Morgan fingerprint density at radius 2 is 1.07 bits per heavy atom. The Morgan fingerprint density at radius 1 is 0.587 bits per heavy atom. The van der Waals surface area contributed by atoms with E-state index < -0.39 is 6.29 Å². The van der Waals surface area contributed by atoms with Gasteiger partial charge >= 0.3 is 5.97 Å². The number of ether oxygens (including phenoxy) is 2. The van der Waals surface area contributed by atoms with E-state index >= 15 is 0 Å². The van der Waals surface area contributed by atoms with E-state index in [1.165, 1.54) is 77.0 Å². The van der Waals surface area contributed by atoms with Gasteiger partial charge in [-0.15, -0.1) is 0 Å². The molecule has 0 aromatic heterocycles. The topological polar surface area (TPSA) is 91.3 Å². The average Bonchev–Trinajstić information content (AvgIpc) is 3.05. The summed E-state index contributed by atoms with van der Waals surface area (Å²) >= 11 is 0. The van der Waals surface area contributed by atoms with Crippen LogP contribution in [-0.4, -0.2) is 79.4 Å². The molecule has 2 unspecified atom stereocenters. The molecule has 0 heterocycles. The van der Waals surface area contributed by atoms with Crippen LogP contribution in [0, 0.1) is 0 Å². The number of hydrogen-bond acceptors (Lipinski definition) is 7. The molecule has 7 heteroatoms. The molecule has 2 atom stereocenters. The number of hydrogen-bond donors (Lipinski definition) is 3. The van der Waals surface area contributed by atoms with Gasteiger partial charge in [-0.1, -0.05) is 124 Å². The third-order valence-corrected chi connectivity index (χ3v) is 9.03. The highest BCUT2D eigenvalue weighted by Gasteiger charge is 2.18. The molecule has 46 heavy (non-hydrogen) atoms. The molecule has 0 saturated heterocycles. The average molecular weight is 657 g/mol. The van der Waals surface area contributed by atoms with E-state index in [4.69, 9.17) is 9.47 Å². The molecule has 7 nitrogen and oxygen atoms in total. The summed E-state index contributed by atoms with van der Waals surface area (Å²) in [5.74, 6) is -0.0583. The number of aliphatic hydroxyl groups is 2. The molecule has 276 valence electrons. The van der Waals surface area contributed by atoms with Gasteiger partial charge in [-0.2, -0.15) is 0 Å². The van der Waals surface area contributed by atoms with Crippen LogP contribution >= 0.6 is 0 Å². The van der Waals surface area contributed by atoms with Crippen molar-refractivity contribution >= 4 is 5.97 Å². The lowest BCUT2D eigenvalue weighted by Crippen LogP contribution is -2.38. The normalized spacial score (nSPS) is 13.0. The zero-order valence-electron chi connectivity index (χ0n) is 31.1. The fraction of sp³-hybridized carbons (Fsp3) is 0.974. The second-order valence-electron chi connectivity index (χ2n) is 13.6. The molecular formula is C39H80N2O5. The van der Waals surface area contributed by atoms with Crippen LogP contribution in [0.4, 0.5) is 0 Å². The number of carbonyl (C=O) groups is 1. The first-order chi connectivity index (χ1) is 22.6. The number of esters is 1. The monoisotopic (exact) mass is 657 g/mol. The molecule has 0 saturated carbocycles. The van der Waals surface area contributed by atoms with Crippen LogP contribution in [0.25, 0.3) is 0 Å². The second kappa shape index (κ2) is 37.1. The molecule has 0 radical (unpaired) electrons. The molecule has 0 aliphatic carbocycles. The van der Waals surface area contributed by atoms with Crippen molar-refractivity contribution in [2.24, 2.45) is 0 Å². The van der Waals surface area contributed by atoms with Crippen LogP contribution in [0.3, 0.4) is 0 Å². The van der Waals surface area contributed by atoms with Gasteiger partial charge in [-0.25, -0.2) is 0 Å². The number of nitrogens with one attached hydrogen (secondary N) is 1. The summed E-state index contributed by atoms with van der Waals surface area (Å²) < 4.78 is 11.3. The van der Waals surface area contributed by atoms with Crippen LogP contribution in [-0.2, 0) is 14.3 Å². The molecule has 0 bridgehead atoms. The molecule has 0 spiro atoms. The Kier molecular flexibility index (Phi) is 36.5. The Balaban J connectivity index is 4.13. The Labute approximate surface area is 286 Å². The summed E-state index contributed by atoms with van der Waals surface area (Å²) in [6.07, 6.45) is 28.8. The summed E-state index contributed by atoms with van der Waals surface area (Å²) in [5, 5.41) is 22.8. The smallest absolute Gasteiger partial charge is 0.323 e. The number of nitrogens with zero attached hydrogens (tertiary/aromatic N) is 1. The van der Waals surface area contributed by atoms with E-state index in [0.717, 1.165) is 116 Å². The minimum absolute atomic E-state index is 0.0583. The van der Waals surface area contributed by atoms with E-state index in [0.29, 0.717) is 13.2 Å². The standard InChI is InChI=1S/C39H80N2O5/c1-4-7-10-12-14-19-28-37(40-30-21-9-6-3)39(44)46-36-27-17-15-22-31-41(33-24-25-34-42)32-23-18-20-29-38(43)45-35-26-16-13-11-8-5-2/h37-38,40,42-43H,4-36H2,1-3H3. The maximum atomic E-state index is 12.8. The Bertz CT molecular complexity index is 609. The minimum atomic E-state index is -0.621. The lowest BCUT2D eigenvalue weighted by molar-refractivity contribution is -0.146. The van der Waals surface area contributed by atoms with Gasteiger partial charge in [0.05, 0.1) is 6.61 Å². The van der Waals surface area contributed by atoms with Crippen molar-refractivity contribution in [1.82, 2.24) is 10.2 Å². The highest BCUT2D eigenvalue weighted by Crippen LogP contribution is 2.12. The summed E-state index contributed by atoms with van der Waals surface area (Å²) in [5.41, 5.74) is 0. The summed E-state index contributed by atoms with van der Waals surface area (Å²) in [6.45, 7) is 12.2. The summed E-state index contributed by atoms with van der Waals surface area (Å²) in [7, 11) is 0. The van der Waals surface area contributed by atoms with Crippen molar-refractivity contribution in [2.45, 2.75) is 200 Å². The molecule has 0 aromatic carbocycles. The van der Waals surface area contributed by atoms with Gasteiger partial charge in [0.1, 0.15) is 6.04 Å². The van der Waals surface area contributed by atoms with Gasteiger partial charge in [-0.3, -0.25) is 4.79 Å². The predicted octanol–water partition coefficient (Wildman–Crippen LogP) is 9.32. The first-order valence-corrected chi connectivity index (χ1v) is 20.1. The van der Waals surface area contributed by atoms with Crippen molar-refractivity contribution < 1.29 is 24.5 Å². The minimum Gasteiger partial charge on any atom is -0.465 e. The summed E-state index contributed by atoms with van der Waals surface area (Å²) in [6, 6.07) is -0.156. The molecular weight excluding hydrogens is 576 g/mol. The first-order valence-electron chi connectivity index (χ1n) is 20.1. The summed E-state index contributed by atoms with van der Waals surface area (Å²) in [4.78, 5) is 15.4. The third-order valence-electron chi connectivity index (χ3n) is 9.03. The highest BCUT2D eigenvalue weighted by molar-refractivity contribution is 5.75. The molecule has 0 aliphatic heterocycles. The Morgan fingerprint density at radius 3 is 1.70 bits per heavy atom. The van der Waals surface area contributed by atoms with E-state index in [-0.39, 0.29) is 18.6 Å². The zero-order valence-corrected chi connectivity index (χ0v) is 31.1. The second-order valence-corrected chi connectivity index (χ2v) is 13.6. The lowest BCUT2D eigenvalue weighted by atomic mass is 10.1. The quantitative estimate of drug-likeness (QED) is 0.0347. The van der Waals surface area contributed by atoms with Gasteiger partial charge in [0, 0.05) is 13.2 Å². The van der Waals surface area contributed by atoms with Crippen molar-refractivity contribution in [3.05, 3.63) is 0 Å². The van der Waals surface area contributed by atoms with Gasteiger partial charge in [0.25, 0.3) is 0 Å². The maximum absolute atomic E-state index is 12.8. The molecule has 0 fully saturated rings. The lowest BCUT2D eigenvalue weighted by Gasteiger charge is -2.22. The van der Waals surface area contributed by atoms with E-state index in [9.17, 15) is 15.0 Å². The number of aliphatic hydroxyl groups excluding tert-OH is 2. The molecule has 3 N–H and O–H groups in total. The fourth-order valence-corrected chi connectivity index (χ4v) is 5.95. The number of carbonyl (C=O) groups excluding carboxylic acids is 1. The van der Waals surface area contributed by atoms with Crippen LogP contribution in [0.5, 0.6) is 0 Å². The zero-order chi connectivity index (χ0) is 33.8. The van der Waals surface area contributed by atoms with Crippen molar-refractivity contribution in [3.8, 4) is 0 Å². The first kappa shape index (κ1) is 45.3. The van der Waals surface area contributed by atoms with Crippen LogP contribution in [0.15, 0.2) is 0 Å².